The largest absolute Gasteiger partial charge is 0.399 e. The van der Waals surface area contributed by atoms with E-state index >= 15 is 0 Å². The third-order valence-electron chi connectivity index (χ3n) is 4.12. The van der Waals surface area contributed by atoms with Crippen molar-refractivity contribution in [2.75, 3.05) is 31.9 Å². The molecule has 7 heteroatoms. The van der Waals surface area contributed by atoms with Gasteiger partial charge in [-0.05, 0) is 35.9 Å². The Hall–Kier alpha value is -1.60. The Kier molecular flexibility index (Phi) is 5.10. The van der Waals surface area contributed by atoms with Gasteiger partial charge in [-0.15, -0.1) is 0 Å². The molecule has 1 fully saturated rings. The van der Waals surface area contributed by atoms with Gasteiger partial charge in [-0.25, -0.2) is 8.42 Å². The average molecular weight is 366 g/mol. The molecule has 1 heterocycles. The smallest absolute Gasteiger partial charge is 0.243 e. The summed E-state index contributed by atoms with van der Waals surface area (Å²) in [6.45, 7) is 3.09. The van der Waals surface area contributed by atoms with Gasteiger partial charge in [-0.3, -0.25) is 4.90 Å². The van der Waals surface area contributed by atoms with Crippen LogP contribution in [0.4, 0.5) is 5.69 Å². The maximum atomic E-state index is 12.7. The molecule has 0 aliphatic carbocycles. The van der Waals surface area contributed by atoms with Crippen LogP contribution in [0.2, 0.25) is 5.02 Å². The van der Waals surface area contributed by atoms with Gasteiger partial charge in [-0.1, -0.05) is 29.8 Å². The highest BCUT2D eigenvalue weighted by molar-refractivity contribution is 7.89. The van der Waals surface area contributed by atoms with Crippen LogP contribution < -0.4 is 5.73 Å². The maximum Gasteiger partial charge on any atom is 0.243 e. The van der Waals surface area contributed by atoms with Gasteiger partial charge in [0.2, 0.25) is 10.0 Å². The summed E-state index contributed by atoms with van der Waals surface area (Å²) in [6.07, 6.45) is 0. The molecule has 2 N–H and O–H groups in total. The molecule has 0 saturated carbocycles. The van der Waals surface area contributed by atoms with Crippen LogP contribution in [0.15, 0.2) is 53.4 Å². The van der Waals surface area contributed by atoms with Crippen molar-refractivity contribution >= 4 is 27.3 Å². The molecule has 0 radical (unpaired) electrons. The standard InChI is InChI=1S/C17H20ClN3O2S/c18-15-4-2-6-17(12-15)24(22,23)21-9-7-20(8-10-21)13-14-3-1-5-16(19)11-14/h1-6,11-12H,7-10,13,19H2. The van der Waals surface area contributed by atoms with Crippen molar-refractivity contribution in [2.24, 2.45) is 0 Å². The Balaban J connectivity index is 1.64. The van der Waals surface area contributed by atoms with E-state index in [4.69, 9.17) is 17.3 Å². The molecule has 24 heavy (non-hydrogen) atoms. The van der Waals surface area contributed by atoms with E-state index in [2.05, 4.69) is 4.90 Å². The predicted octanol–water partition coefficient (Wildman–Crippen LogP) is 2.43. The number of nitrogens with two attached hydrogens (primary N) is 1. The van der Waals surface area contributed by atoms with E-state index in [0.29, 0.717) is 31.2 Å². The molecule has 3 rings (SSSR count). The molecule has 0 atom stereocenters. The number of anilines is 1. The van der Waals surface area contributed by atoms with Crippen LogP contribution in [-0.4, -0.2) is 43.8 Å². The van der Waals surface area contributed by atoms with Gasteiger partial charge in [0.25, 0.3) is 0 Å². The Morgan fingerprint density at radius 3 is 2.38 bits per heavy atom. The number of hydrogen-bond donors (Lipinski definition) is 1. The molecular weight excluding hydrogens is 346 g/mol. The van der Waals surface area contributed by atoms with Gasteiger partial charge >= 0.3 is 0 Å². The summed E-state index contributed by atoms with van der Waals surface area (Å²) in [6, 6.07) is 14.2. The third-order valence-corrected chi connectivity index (χ3v) is 6.25. The summed E-state index contributed by atoms with van der Waals surface area (Å²) < 4.78 is 26.9. The lowest BCUT2D eigenvalue weighted by atomic mass is 10.2. The molecule has 0 spiro atoms. The third kappa shape index (κ3) is 3.89. The molecule has 1 aliphatic heterocycles. The van der Waals surface area contributed by atoms with Crippen molar-refractivity contribution in [2.45, 2.75) is 11.4 Å². The Morgan fingerprint density at radius 1 is 1.00 bits per heavy atom. The summed E-state index contributed by atoms with van der Waals surface area (Å²) in [5, 5.41) is 0.427. The molecule has 1 aliphatic rings. The second kappa shape index (κ2) is 7.11. The van der Waals surface area contributed by atoms with Crippen LogP contribution >= 0.6 is 11.6 Å². The summed E-state index contributed by atoms with van der Waals surface area (Å²) in [5.41, 5.74) is 7.69. The van der Waals surface area contributed by atoms with Crippen LogP contribution in [0.3, 0.4) is 0 Å². The molecule has 0 unspecified atom stereocenters. The maximum absolute atomic E-state index is 12.7. The molecule has 128 valence electrons. The fourth-order valence-electron chi connectivity index (χ4n) is 2.85. The van der Waals surface area contributed by atoms with Crippen LogP contribution in [-0.2, 0) is 16.6 Å². The van der Waals surface area contributed by atoms with Gasteiger partial charge in [0.1, 0.15) is 0 Å². The lowest BCUT2D eigenvalue weighted by Gasteiger charge is -2.34. The van der Waals surface area contributed by atoms with Crippen molar-refractivity contribution in [3.63, 3.8) is 0 Å². The lowest BCUT2D eigenvalue weighted by molar-refractivity contribution is 0.181. The van der Waals surface area contributed by atoms with Crippen molar-refractivity contribution < 1.29 is 8.42 Å². The summed E-state index contributed by atoms with van der Waals surface area (Å²) in [5.74, 6) is 0. The van der Waals surface area contributed by atoms with E-state index in [1.165, 1.54) is 10.4 Å². The minimum absolute atomic E-state index is 0.249. The monoisotopic (exact) mass is 365 g/mol. The first-order chi connectivity index (χ1) is 11.4. The number of piperazine rings is 1. The molecule has 0 amide bonds. The first kappa shape index (κ1) is 17.2. The SMILES string of the molecule is Nc1cccc(CN2CCN(S(=O)(=O)c3cccc(Cl)c3)CC2)c1. The highest BCUT2D eigenvalue weighted by Crippen LogP contribution is 2.21. The highest BCUT2D eigenvalue weighted by Gasteiger charge is 2.28. The van der Waals surface area contributed by atoms with Crippen LogP contribution in [0, 0.1) is 0 Å². The molecule has 2 aromatic carbocycles. The zero-order chi connectivity index (χ0) is 17.2. The molecule has 1 saturated heterocycles. The van der Waals surface area contributed by atoms with Crippen molar-refractivity contribution in [3.05, 3.63) is 59.1 Å². The topological polar surface area (TPSA) is 66.6 Å². The van der Waals surface area contributed by atoms with Gasteiger partial charge in [0.15, 0.2) is 0 Å². The van der Waals surface area contributed by atoms with Gasteiger partial charge in [0.05, 0.1) is 4.90 Å². The average Bonchev–Trinajstić information content (AvgIpc) is 2.55. The molecule has 0 aromatic heterocycles. The summed E-state index contributed by atoms with van der Waals surface area (Å²) >= 11 is 5.91. The number of benzene rings is 2. The first-order valence-electron chi connectivity index (χ1n) is 7.78. The van der Waals surface area contributed by atoms with Crippen LogP contribution in [0.25, 0.3) is 0 Å². The fraction of sp³-hybridized carbons (Fsp3) is 0.294. The van der Waals surface area contributed by atoms with E-state index < -0.39 is 10.0 Å². The van der Waals surface area contributed by atoms with E-state index in [1.54, 1.807) is 18.2 Å². The number of sulfonamides is 1. The van der Waals surface area contributed by atoms with E-state index in [9.17, 15) is 8.42 Å². The second-order valence-corrected chi connectivity index (χ2v) is 8.26. The van der Waals surface area contributed by atoms with E-state index in [-0.39, 0.29) is 4.90 Å². The first-order valence-corrected chi connectivity index (χ1v) is 9.59. The fourth-order valence-corrected chi connectivity index (χ4v) is 4.58. The molecule has 0 bridgehead atoms. The number of nitrogen functional groups attached to an aromatic ring is 1. The molecular formula is C17H20ClN3O2S. The Labute approximate surface area is 147 Å². The minimum Gasteiger partial charge on any atom is -0.399 e. The van der Waals surface area contributed by atoms with Crippen molar-refractivity contribution in [1.29, 1.82) is 0 Å². The quantitative estimate of drug-likeness (QED) is 0.845. The Bertz CT molecular complexity index is 818. The number of rotatable bonds is 4. The number of hydrogen-bond acceptors (Lipinski definition) is 4. The highest BCUT2D eigenvalue weighted by atomic mass is 35.5. The lowest BCUT2D eigenvalue weighted by Crippen LogP contribution is -2.48. The molecule has 5 nitrogen and oxygen atoms in total. The minimum atomic E-state index is -3.49. The molecule has 2 aromatic rings. The number of nitrogens with zero attached hydrogens (tertiary/aromatic N) is 2. The number of halogens is 1. The van der Waals surface area contributed by atoms with E-state index in [1.807, 2.05) is 24.3 Å². The zero-order valence-electron chi connectivity index (χ0n) is 13.2. The summed E-state index contributed by atoms with van der Waals surface area (Å²) in [4.78, 5) is 2.48. The van der Waals surface area contributed by atoms with Crippen molar-refractivity contribution in [1.82, 2.24) is 9.21 Å². The van der Waals surface area contributed by atoms with Gasteiger partial charge < -0.3 is 5.73 Å². The van der Waals surface area contributed by atoms with E-state index in [0.717, 1.165) is 17.8 Å². The van der Waals surface area contributed by atoms with Crippen molar-refractivity contribution in [3.8, 4) is 0 Å². The van der Waals surface area contributed by atoms with Crippen LogP contribution in [0.5, 0.6) is 0 Å². The predicted molar refractivity (Wildman–Crippen MR) is 96.3 cm³/mol. The van der Waals surface area contributed by atoms with Gasteiger partial charge in [-0.2, -0.15) is 4.31 Å². The zero-order valence-corrected chi connectivity index (χ0v) is 14.8. The second-order valence-electron chi connectivity index (χ2n) is 5.88. The Morgan fingerprint density at radius 2 is 1.71 bits per heavy atom. The van der Waals surface area contributed by atoms with Crippen LogP contribution in [0.1, 0.15) is 5.56 Å². The summed E-state index contributed by atoms with van der Waals surface area (Å²) in [7, 11) is -3.49. The normalized spacial score (nSPS) is 17.0. The van der Waals surface area contributed by atoms with Gasteiger partial charge in [0, 0.05) is 43.4 Å².